The zero-order valence-electron chi connectivity index (χ0n) is 25.4. The maximum atomic E-state index is 13.6. The van der Waals surface area contributed by atoms with Crippen molar-refractivity contribution in [3.8, 4) is 17.2 Å². The van der Waals surface area contributed by atoms with Crippen LogP contribution in [0.25, 0.3) is 5.76 Å². The number of amides is 1. The van der Waals surface area contributed by atoms with Crippen LogP contribution in [-0.4, -0.2) is 79.7 Å². The molecule has 1 atom stereocenters. The smallest absolute Gasteiger partial charge is 0.295 e. The molecule has 0 aromatic heterocycles. The molecule has 5 rings (SSSR count). The van der Waals surface area contributed by atoms with E-state index in [1.165, 1.54) is 0 Å². The molecule has 2 aliphatic heterocycles. The number of aliphatic hydroxyl groups is 1. The van der Waals surface area contributed by atoms with E-state index in [1.807, 2.05) is 43.3 Å². The fourth-order valence-corrected chi connectivity index (χ4v) is 5.56. The second-order valence-corrected chi connectivity index (χ2v) is 10.9. The van der Waals surface area contributed by atoms with Crippen LogP contribution in [0.4, 0.5) is 0 Å². The molecule has 2 aliphatic rings. The number of methoxy groups -OCH3 is 1. The van der Waals surface area contributed by atoms with Crippen molar-refractivity contribution in [1.82, 2.24) is 9.80 Å². The third-order valence-electron chi connectivity index (χ3n) is 7.84. The largest absolute Gasteiger partial charge is 0.507 e. The number of benzene rings is 3. The number of aliphatic hydroxyl groups excluding tert-OH is 1. The third-order valence-corrected chi connectivity index (χ3v) is 7.84. The van der Waals surface area contributed by atoms with Gasteiger partial charge in [0.1, 0.15) is 18.1 Å². The predicted octanol–water partition coefficient (Wildman–Crippen LogP) is 5.21. The summed E-state index contributed by atoms with van der Waals surface area (Å²) >= 11 is 0. The number of hydrogen-bond donors (Lipinski definition) is 1. The molecule has 1 unspecified atom stereocenters. The molecule has 9 nitrogen and oxygen atoms in total. The summed E-state index contributed by atoms with van der Waals surface area (Å²) in [4.78, 5) is 31.0. The zero-order chi connectivity index (χ0) is 30.9. The molecule has 0 bridgehead atoms. The van der Waals surface area contributed by atoms with E-state index in [2.05, 4.69) is 4.90 Å². The van der Waals surface area contributed by atoms with E-state index in [0.29, 0.717) is 67.8 Å². The van der Waals surface area contributed by atoms with Crippen LogP contribution in [-0.2, 0) is 20.9 Å². The van der Waals surface area contributed by atoms with Crippen molar-refractivity contribution < 1.29 is 33.6 Å². The lowest BCUT2D eigenvalue weighted by Gasteiger charge is -2.29. The van der Waals surface area contributed by atoms with Crippen LogP contribution < -0.4 is 14.2 Å². The van der Waals surface area contributed by atoms with Crippen molar-refractivity contribution in [2.75, 3.05) is 53.1 Å². The van der Waals surface area contributed by atoms with Gasteiger partial charge in [-0.05, 0) is 48.2 Å². The molecule has 2 saturated heterocycles. The monoisotopic (exact) mass is 600 g/mol. The van der Waals surface area contributed by atoms with Gasteiger partial charge >= 0.3 is 0 Å². The topological polar surface area (TPSA) is 97.8 Å². The Bertz CT molecular complexity index is 1470. The molecule has 0 saturated carbocycles. The minimum atomic E-state index is -0.808. The molecule has 1 amide bonds. The molecule has 2 fully saturated rings. The molecule has 1 N–H and O–H groups in total. The van der Waals surface area contributed by atoms with Crippen LogP contribution in [0.3, 0.4) is 0 Å². The van der Waals surface area contributed by atoms with Gasteiger partial charge in [-0.15, -0.1) is 0 Å². The number of nitrogens with zero attached hydrogens (tertiary/aromatic N) is 2. The number of rotatable bonds is 13. The Labute approximate surface area is 258 Å². The van der Waals surface area contributed by atoms with Gasteiger partial charge in [0.15, 0.2) is 11.5 Å². The number of morpholine rings is 1. The molecular weight excluding hydrogens is 560 g/mol. The van der Waals surface area contributed by atoms with E-state index in [-0.39, 0.29) is 11.3 Å². The molecular formula is C35H40N2O7. The molecule has 0 spiro atoms. The summed E-state index contributed by atoms with van der Waals surface area (Å²) in [5.74, 6) is -0.0250. The number of ether oxygens (including phenoxy) is 4. The average molecular weight is 601 g/mol. The first-order chi connectivity index (χ1) is 21.5. The van der Waals surface area contributed by atoms with Crippen molar-refractivity contribution in [1.29, 1.82) is 0 Å². The second-order valence-electron chi connectivity index (χ2n) is 10.9. The first-order valence-electron chi connectivity index (χ1n) is 15.2. The van der Waals surface area contributed by atoms with Crippen molar-refractivity contribution >= 4 is 17.4 Å². The molecule has 0 aliphatic carbocycles. The number of carbonyl (C=O) groups is 2. The Kier molecular flexibility index (Phi) is 10.5. The highest BCUT2D eigenvalue weighted by Gasteiger charge is 2.46. The highest BCUT2D eigenvalue weighted by Crippen LogP contribution is 2.42. The van der Waals surface area contributed by atoms with Gasteiger partial charge in [-0.1, -0.05) is 55.5 Å². The van der Waals surface area contributed by atoms with Gasteiger partial charge in [-0.25, -0.2) is 0 Å². The lowest BCUT2D eigenvalue weighted by Crippen LogP contribution is -2.39. The van der Waals surface area contributed by atoms with Crippen molar-refractivity contribution in [2.45, 2.75) is 32.4 Å². The standard InChI is InChI=1S/C35H40N2O7/c1-3-19-43-28-12-7-11-27(22-28)33(38)31-32(37(35(40)34(31)39)16-8-15-36-17-20-42-21-18-36)26-13-14-29(30(23-26)41-2)44-24-25-9-5-4-6-10-25/h4-7,9-14,22-23,32,38H,3,8,15-21,24H2,1-2H3/b33-31+. The maximum Gasteiger partial charge on any atom is 0.295 e. The highest BCUT2D eigenvalue weighted by atomic mass is 16.5. The highest BCUT2D eigenvalue weighted by molar-refractivity contribution is 6.46. The number of ketones is 1. The first kappa shape index (κ1) is 31.1. The van der Waals surface area contributed by atoms with Gasteiger partial charge in [-0.2, -0.15) is 0 Å². The molecule has 3 aromatic rings. The van der Waals surface area contributed by atoms with E-state index in [9.17, 15) is 14.7 Å². The number of hydrogen-bond acceptors (Lipinski definition) is 8. The van der Waals surface area contributed by atoms with Gasteiger partial charge in [0.2, 0.25) is 0 Å². The van der Waals surface area contributed by atoms with E-state index < -0.39 is 17.7 Å². The maximum absolute atomic E-state index is 13.6. The predicted molar refractivity (Wildman–Crippen MR) is 167 cm³/mol. The first-order valence-corrected chi connectivity index (χ1v) is 15.2. The average Bonchev–Trinajstić information content (AvgIpc) is 3.32. The van der Waals surface area contributed by atoms with Gasteiger partial charge in [0.25, 0.3) is 11.7 Å². The number of likely N-dealkylation sites (tertiary alicyclic amines) is 1. The normalized spacial score (nSPS) is 18.4. The van der Waals surface area contributed by atoms with Gasteiger partial charge in [-0.3, -0.25) is 14.5 Å². The fourth-order valence-electron chi connectivity index (χ4n) is 5.56. The summed E-state index contributed by atoms with van der Waals surface area (Å²) in [6.07, 6.45) is 1.50. The minimum absolute atomic E-state index is 0.0361. The lowest BCUT2D eigenvalue weighted by molar-refractivity contribution is -0.140. The summed E-state index contributed by atoms with van der Waals surface area (Å²) < 4.78 is 23.0. The fraction of sp³-hybridized carbons (Fsp3) is 0.371. The van der Waals surface area contributed by atoms with Crippen molar-refractivity contribution in [3.63, 3.8) is 0 Å². The lowest BCUT2D eigenvalue weighted by atomic mass is 9.95. The molecule has 9 heteroatoms. The van der Waals surface area contributed by atoms with Crippen LogP contribution in [0.5, 0.6) is 17.2 Å². The SMILES string of the molecule is CCCOc1cccc(/C(O)=C2\C(=O)C(=O)N(CCCN3CCOCC3)C2c2ccc(OCc3ccccc3)c(OC)c2)c1. The van der Waals surface area contributed by atoms with Gasteiger partial charge in [0.05, 0.1) is 38.5 Å². The van der Waals surface area contributed by atoms with E-state index in [1.54, 1.807) is 48.4 Å². The van der Waals surface area contributed by atoms with E-state index >= 15 is 0 Å². The summed E-state index contributed by atoms with van der Waals surface area (Å²) in [7, 11) is 1.55. The van der Waals surface area contributed by atoms with Crippen LogP contribution in [0, 0.1) is 0 Å². The van der Waals surface area contributed by atoms with Gasteiger partial charge in [0, 0.05) is 31.7 Å². The van der Waals surface area contributed by atoms with E-state index in [0.717, 1.165) is 31.6 Å². The zero-order valence-corrected chi connectivity index (χ0v) is 25.4. The minimum Gasteiger partial charge on any atom is -0.507 e. The number of carbonyl (C=O) groups excluding carboxylic acids is 2. The summed E-state index contributed by atoms with van der Waals surface area (Å²) in [5.41, 5.74) is 2.09. The Hall–Kier alpha value is -4.34. The number of Topliss-reactive ketones (excluding diaryl/α,β-unsaturated/α-hetero) is 1. The molecule has 44 heavy (non-hydrogen) atoms. The second kappa shape index (κ2) is 14.9. The summed E-state index contributed by atoms with van der Waals surface area (Å²) in [6.45, 7) is 7.04. The molecule has 0 radical (unpaired) electrons. The van der Waals surface area contributed by atoms with Crippen LogP contribution in [0.15, 0.2) is 78.4 Å². The summed E-state index contributed by atoms with van der Waals surface area (Å²) in [5, 5.41) is 11.6. The van der Waals surface area contributed by atoms with Crippen LogP contribution in [0.1, 0.15) is 42.5 Å². The van der Waals surface area contributed by atoms with Crippen molar-refractivity contribution in [3.05, 3.63) is 95.1 Å². The Morgan fingerprint density at radius 3 is 2.48 bits per heavy atom. The Morgan fingerprint density at radius 2 is 1.73 bits per heavy atom. The van der Waals surface area contributed by atoms with E-state index in [4.69, 9.17) is 18.9 Å². The Balaban J connectivity index is 1.48. The molecule has 3 aromatic carbocycles. The molecule has 232 valence electrons. The van der Waals surface area contributed by atoms with Gasteiger partial charge < -0.3 is 29.0 Å². The molecule has 2 heterocycles. The quantitative estimate of drug-likeness (QED) is 0.162. The summed E-state index contributed by atoms with van der Waals surface area (Å²) in [6, 6.07) is 21.3. The van der Waals surface area contributed by atoms with Crippen LogP contribution in [0.2, 0.25) is 0 Å². The Morgan fingerprint density at radius 1 is 0.932 bits per heavy atom. The van der Waals surface area contributed by atoms with Crippen molar-refractivity contribution in [2.24, 2.45) is 0 Å². The van der Waals surface area contributed by atoms with Crippen LogP contribution >= 0.6 is 0 Å². The third kappa shape index (κ3) is 7.23.